The van der Waals surface area contributed by atoms with E-state index in [0.717, 1.165) is 16.5 Å². The second-order valence-corrected chi connectivity index (χ2v) is 15.6. The van der Waals surface area contributed by atoms with Gasteiger partial charge in [0.2, 0.25) is 10.0 Å². The Morgan fingerprint density at radius 3 is 2.63 bits per heavy atom. The molecule has 1 unspecified atom stereocenters. The van der Waals surface area contributed by atoms with Crippen LogP contribution in [-0.4, -0.2) is 46.8 Å². The molecule has 1 aliphatic heterocycles. The van der Waals surface area contributed by atoms with Gasteiger partial charge < -0.3 is 14.5 Å². The van der Waals surface area contributed by atoms with Crippen LogP contribution in [0.15, 0.2) is 66.2 Å². The lowest BCUT2D eigenvalue weighted by molar-refractivity contribution is -0.144. The van der Waals surface area contributed by atoms with Crippen molar-refractivity contribution in [2.24, 2.45) is 13.0 Å². The summed E-state index contributed by atoms with van der Waals surface area (Å²) >= 11 is 0. The molecule has 1 aliphatic rings. The largest absolute Gasteiger partial charge is 0.469 e. The molecule has 0 fully saturated rings. The summed E-state index contributed by atoms with van der Waals surface area (Å²) in [4.78, 5) is 20.1. The van der Waals surface area contributed by atoms with Gasteiger partial charge in [-0.2, -0.15) is 5.10 Å². The van der Waals surface area contributed by atoms with Gasteiger partial charge in [0.25, 0.3) is 0 Å². The first-order chi connectivity index (χ1) is 24.1. The molecule has 0 spiro atoms. The zero-order valence-electron chi connectivity index (χ0n) is 29.4. The standard InChI is InChI=1S/C38H41F2N5O5S/c1-23(35(46)49-6)19-24-9-7-10-25(20-24)38(4)16-8-15-37(2,3)44-51(47,48)18-14-28-27-13-17-41-32(27)22-31(40)33(28)50-26-11-12-30(39)29(21-26)34-42-36(38)43-45(34)5/h7,9-14,17-18,20-23,41,44H,8,15-16,19H2,1-6H3/b18-14+/t23-,38?/m0/s1. The van der Waals surface area contributed by atoms with Crippen LogP contribution in [0.4, 0.5) is 8.78 Å². The van der Waals surface area contributed by atoms with Crippen LogP contribution in [0, 0.1) is 17.6 Å². The molecular formula is C38H41F2N5O5S. The van der Waals surface area contributed by atoms with Crippen molar-refractivity contribution in [3.8, 4) is 22.9 Å². The van der Waals surface area contributed by atoms with Crippen LogP contribution < -0.4 is 9.46 Å². The van der Waals surface area contributed by atoms with Gasteiger partial charge >= 0.3 is 5.97 Å². The third-order valence-electron chi connectivity index (χ3n) is 9.48. The van der Waals surface area contributed by atoms with Crippen LogP contribution in [0.1, 0.15) is 69.5 Å². The molecule has 3 heterocycles. The van der Waals surface area contributed by atoms with E-state index in [1.807, 2.05) is 38.1 Å². The van der Waals surface area contributed by atoms with E-state index in [4.69, 9.17) is 19.6 Å². The zero-order valence-corrected chi connectivity index (χ0v) is 30.2. The number of fused-ring (bicyclic) bond motifs is 8. The Kier molecular flexibility index (Phi) is 9.64. The molecule has 6 rings (SSSR count). The topological polar surface area (TPSA) is 128 Å². The summed E-state index contributed by atoms with van der Waals surface area (Å²) < 4.78 is 73.5. The first kappa shape index (κ1) is 35.9. The number of aromatic amines is 1. The zero-order chi connectivity index (χ0) is 36.7. The van der Waals surface area contributed by atoms with E-state index < -0.39 is 32.6 Å². The van der Waals surface area contributed by atoms with E-state index >= 15 is 8.78 Å². The summed E-state index contributed by atoms with van der Waals surface area (Å²) in [6.07, 6.45) is 4.90. The molecule has 51 heavy (non-hydrogen) atoms. The second kappa shape index (κ2) is 13.7. The first-order valence-corrected chi connectivity index (χ1v) is 18.2. The number of H-pyrrole nitrogens is 1. The number of rotatable bonds is 4. The van der Waals surface area contributed by atoms with Crippen LogP contribution in [0.5, 0.6) is 11.5 Å². The summed E-state index contributed by atoms with van der Waals surface area (Å²) in [7, 11) is -0.976. The lowest BCUT2D eigenvalue weighted by Crippen LogP contribution is -2.42. The number of sulfonamides is 1. The molecule has 0 saturated carbocycles. The summed E-state index contributed by atoms with van der Waals surface area (Å²) in [5, 5.41) is 6.34. The number of ether oxygens (including phenoxy) is 2. The van der Waals surface area contributed by atoms with E-state index in [1.165, 1.54) is 42.1 Å². The summed E-state index contributed by atoms with van der Waals surface area (Å²) in [6.45, 7) is 7.42. The minimum Gasteiger partial charge on any atom is -0.469 e. The van der Waals surface area contributed by atoms with Crippen LogP contribution >= 0.6 is 0 Å². The molecule has 268 valence electrons. The summed E-state index contributed by atoms with van der Waals surface area (Å²) in [5.74, 6) is -1.44. The molecule has 2 atom stereocenters. The number of nitrogens with zero attached hydrogens (tertiary/aromatic N) is 3. The van der Waals surface area contributed by atoms with Crippen molar-refractivity contribution in [2.45, 2.75) is 64.3 Å². The van der Waals surface area contributed by atoms with Crippen molar-refractivity contribution in [1.29, 1.82) is 0 Å². The van der Waals surface area contributed by atoms with Crippen LogP contribution in [-0.2, 0) is 38.4 Å². The number of carbonyl (C=O) groups is 1. The smallest absolute Gasteiger partial charge is 0.308 e. The minimum absolute atomic E-state index is 0.0889. The normalized spacial score (nSPS) is 20.0. The molecule has 4 bridgehead atoms. The molecule has 2 N–H and O–H groups in total. The Labute approximate surface area is 295 Å². The van der Waals surface area contributed by atoms with Gasteiger partial charge in [-0.05, 0) is 81.5 Å². The quantitative estimate of drug-likeness (QED) is 0.184. The van der Waals surface area contributed by atoms with Crippen molar-refractivity contribution in [2.75, 3.05) is 7.11 Å². The number of carbonyl (C=O) groups excluding carboxylic acids is 1. The van der Waals surface area contributed by atoms with Gasteiger partial charge in [0.15, 0.2) is 23.2 Å². The Balaban J connectivity index is 1.50. The number of methoxy groups -OCH3 is 1. The van der Waals surface area contributed by atoms with E-state index in [2.05, 4.69) is 9.71 Å². The maximum absolute atomic E-state index is 15.6. The molecule has 2 aromatic heterocycles. The summed E-state index contributed by atoms with van der Waals surface area (Å²) in [5.41, 5.74) is 0.849. The number of aromatic nitrogens is 4. The third-order valence-corrected chi connectivity index (χ3v) is 10.8. The van der Waals surface area contributed by atoms with Crippen molar-refractivity contribution >= 4 is 33.0 Å². The number of hydrogen-bond donors (Lipinski definition) is 2. The van der Waals surface area contributed by atoms with E-state index in [9.17, 15) is 13.2 Å². The Hall–Kier alpha value is -4.88. The molecule has 13 heteroatoms. The van der Waals surface area contributed by atoms with E-state index in [1.54, 1.807) is 33.2 Å². The SMILES string of the molecule is COC(=O)[C@@H](C)Cc1cccc(C2(C)CCCC(C)(C)NS(=O)(=O)/C=C/c3c(c(F)cc4[nH]ccc34)Oc3ccc(F)c(c3)-c3nc2nn3C)c1. The Morgan fingerprint density at radius 2 is 1.86 bits per heavy atom. The number of nitrogens with one attached hydrogen (secondary N) is 2. The van der Waals surface area contributed by atoms with E-state index in [-0.39, 0.29) is 40.3 Å². The van der Waals surface area contributed by atoms with Gasteiger partial charge in [-0.3, -0.25) is 4.79 Å². The lowest BCUT2D eigenvalue weighted by atomic mass is 9.75. The summed E-state index contributed by atoms with van der Waals surface area (Å²) in [6, 6.07) is 14.8. The minimum atomic E-state index is -4.02. The Bertz CT molecular complexity index is 2260. The lowest BCUT2D eigenvalue weighted by Gasteiger charge is -2.31. The molecule has 10 nitrogen and oxygen atoms in total. The fourth-order valence-electron chi connectivity index (χ4n) is 6.74. The number of esters is 1. The van der Waals surface area contributed by atoms with Crippen molar-refractivity contribution in [3.05, 3.63) is 100 Å². The van der Waals surface area contributed by atoms with Gasteiger partial charge in [0.05, 0.1) is 24.0 Å². The number of halogens is 2. The second-order valence-electron chi connectivity index (χ2n) is 14.0. The van der Waals surface area contributed by atoms with Gasteiger partial charge in [-0.15, -0.1) is 0 Å². The monoisotopic (exact) mass is 717 g/mol. The van der Waals surface area contributed by atoms with Crippen LogP contribution in [0.25, 0.3) is 28.4 Å². The van der Waals surface area contributed by atoms with Gasteiger partial charge in [0, 0.05) is 46.7 Å². The Morgan fingerprint density at radius 1 is 1.08 bits per heavy atom. The molecule has 0 saturated heterocycles. The molecule has 5 aromatic rings. The van der Waals surface area contributed by atoms with E-state index in [0.29, 0.717) is 42.4 Å². The number of benzene rings is 3. The average molecular weight is 718 g/mol. The van der Waals surface area contributed by atoms with Crippen LogP contribution in [0.3, 0.4) is 0 Å². The molecular weight excluding hydrogens is 677 g/mol. The fourth-order valence-corrected chi connectivity index (χ4v) is 7.99. The predicted octanol–water partition coefficient (Wildman–Crippen LogP) is 7.54. The molecule has 0 radical (unpaired) electrons. The molecule has 0 amide bonds. The highest BCUT2D eigenvalue weighted by Crippen LogP contribution is 2.40. The highest BCUT2D eigenvalue weighted by atomic mass is 32.2. The van der Waals surface area contributed by atoms with Gasteiger partial charge in [-0.1, -0.05) is 37.6 Å². The third kappa shape index (κ3) is 7.45. The van der Waals surface area contributed by atoms with Crippen molar-refractivity contribution < 1.29 is 31.5 Å². The van der Waals surface area contributed by atoms with Crippen molar-refractivity contribution in [3.63, 3.8) is 0 Å². The van der Waals surface area contributed by atoms with Crippen molar-refractivity contribution in [1.82, 2.24) is 24.5 Å². The fraction of sp³-hybridized carbons (Fsp3) is 0.342. The first-order valence-electron chi connectivity index (χ1n) is 16.7. The average Bonchev–Trinajstić information content (AvgIpc) is 3.70. The number of aryl methyl sites for hydroxylation is 1. The number of hydrogen-bond acceptors (Lipinski definition) is 7. The maximum Gasteiger partial charge on any atom is 0.308 e. The van der Waals surface area contributed by atoms with Gasteiger partial charge in [0.1, 0.15) is 11.6 Å². The highest BCUT2D eigenvalue weighted by Gasteiger charge is 2.36. The van der Waals surface area contributed by atoms with Gasteiger partial charge in [-0.25, -0.2) is 31.6 Å². The van der Waals surface area contributed by atoms with Crippen LogP contribution in [0.2, 0.25) is 0 Å². The predicted molar refractivity (Wildman–Crippen MR) is 192 cm³/mol. The molecule has 3 aromatic carbocycles. The highest BCUT2D eigenvalue weighted by molar-refractivity contribution is 7.92. The molecule has 0 aliphatic carbocycles. The maximum atomic E-state index is 15.6.